The summed E-state index contributed by atoms with van der Waals surface area (Å²) in [6.07, 6.45) is 7.26. The quantitative estimate of drug-likeness (QED) is 0.801. The fourth-order valence-corrected chi connectivity index (χ4v) is 2.67. The molecule has 1 aliphatic carbocycles. The second-order valence-electron chi connectivity index (χ2n) is 5.52. The SMILES string of the molecule is c1cc(OCC2CO2)cc(-n2cc3c(n2)CCCC3)c1. The van der Waals surface area contributed by atoms with Crippen LogP contribution in [0.5, 0.6) is 5.75 Å². The predicted octanol–water partition coefficient (Wildman–Crippen LogP) is 2.53. The van der Waals surface area contributed by atoms with Gasteiger partial charge in [-0.3, -0.25) is 0 Å². The van der Waals surface area contributed by atoms with E-state index in [1.165, 1.54) is 24.1 Å². The minimum absolute atomic E-state index is 0.288. The molecule has 2 aliphatic rings. The summed E-state index contributed by atoms with van der Waals surface area (Å²) in [5.41, 5.74) is 3.72. The zero-order chi connectivity index (χ0) is 13.4. The van der Waals surface area contributed by atoms with Crippen LogP contribution in [0, 0.1) is 0 Å². The van der Waals surface area contributed by atoms with Gasteiger partial charge in [0.05, 0.1) is 18.0 Å². The summed E-state index contributed by atoms with van der Waals surface area (Å²) >= 11 is 0. The van der Waals surface area contributed by atoms with E-state index in [9.17, 15) is 0 Å². The summed E-state index contributed by atoms with van der Waals surface area (Å²) in [6, 6.07) is 8.11. The molecule has 1 fully saturated rings. The third-order valence-corrected chi connectivity index (χ3v) is 3.91. The smallest absolute Gasteiger partial charge is 0.121 e. The van der Waals surface area contributed by atoms with Gasteiger partial charge in [-0.2, -0.15) is 5.10 Å². The van der Waals surface area contributed by atoms with Crippen LogP contribution in [0.15, 0.2) is 30.5 Å². The van der Waals surface area contributed by atoms with Gasteiger partial charge >= 0.3 is 0 Å². The number of epoxide rings is 1. The van der Waals surface area contributed by atoms with E-state index in [0.29, 0.717) is 6.61 Å². The molecule has 4 nitrogen and oxygen atoms in total. The fraction of sp³-hybridized carbons (Fsp3) is 0.438. The largest absolute Gasteiger partial charge is 0.491 e. The highest BCUT2D eigenvalue weighted by atomic mass is 16.6. The normalized spacial score (nSPS) is 20.5. The van der Waals surface area contributed by atoms with Crippen molar-refractivity contribution in [2.45, 2.75) is 31.8 Å². The fourth-order valence-electron chi connectivity index (χ4n) is 2.67. The van der Waals surface area contributed by atoms with E-state index >= 15 is 0 Å². The van der Waals surface area contributed by atoms with Gasteiger partial charge in [-0.25, -0.2) is 4.68 Å². The first-order valence-corrected chi connectivity index (χ1v) is 7.31. The van der Waals surface area contributed by atoms with Crippen LogP contribution in [0.25, 0.3) is 5.69 Å². The number of benzene rings is 1. The number of hydrogen-bond donors (Lipinski definition) is 0. The van der Waals surface area contributed by atoms with Crippen molar-refractivity contribution < 1.29 is 9.47 Å². The Bertz CT molecular complexity index is 593. The van der Waals surface area contributed by atoms with Crippen molar-refractivity contribution in [1.82, 2.24) is 9.78 Å². The minimum atomic E-state index is 0.288. The first-order chi connectivity index (χ1) is 9.88. The molecule has 2 aromatic rings. The number of nitrogens with zero attached hydrogens (tertiary/aromatic N) is 2. The Morgan fingerprint density at radius 2 is 2.20 bits per heavy atom. The third-order valence-electron chi connectivity index (χ3n) is 3.91. The first kappa shape index (κ1) is 12.0. The maximum Gasteiger partial charge on any atom is 0.121 e. The van der Waals surface area contributed by atoms with E-state index in [0.717, 1.165) is 30.9 Å². The van der Waals surface area contributed by atoms with Crippen LogP contribution in [0.2, 0.25) is 0 Å². The molecule has 0 saturated carbocycles. The molecule has 0 radical (unpaired) electrons. The number of aryl methyl sites for hydroxylation is 2. The lowest BCUT2D eigenvalue weighted by Crippen LogP contribution is -2.04. The second-order valence-corrected chi connectivity index (χ2v) is 5.52. The summed E-state index contributed by atoms with van der Waals surface area (Å²) in [5, 5.41) is 4.71. The number of aromatic nitrogens is 2. The van der Waals surface area contributed by atoms with Gasteiger partial charge in [0, 0.05) is 12.3 Å². The molecule has 0 N–H and O–H groups in total. The highest BCUT2D eigenvalue weighted by Crippen LogP contribution is 2.23. The van der Waals surface area contributed by atoms with Crippen molar-refractivity contribution in [3.05, 3.63) is 41.7 Å². The number of fused-ring (bicyclic) bond motifs is 1. The van der Waals surface area contributed by atoms with E-state index in [2.05, 4.69) is 12.3 Å². The lowest BCUT2D eigenvalue weighted by molar-refractivity contribution is 0.263. The summed E-state index contributed by atoms with van der Waals surface area (Å²) < 4.78 is 12.9. The van der Waals surface area contributed by atoms with Gasteiger partial charge in [0.15, 0.2) is 0 Å². The maximum atomic E-state index is 5.73. The molecular weight excluding hydrogens is 252 g/mol. The highest BCUT2D eigenvalue weighted by molar-refractivity contribution is 5.40. The number of rotatable bonds is 4. The van der Waals surface area contributed by atoms with Gasteiger partial charge in [0.2, 0.25) is 0 Å². The first-order valence-electron chi connectivity index (χ1n) is 7.31. The van der Waals surface area contributed by atoms with Crippen molar-refractivity contribution in [3.8, 4) is 11.4 Å². The molecule has 1 aromatic heterocycles. The predicted molar refractivity (Wildman–Crippen MR) is 75.4 cm³/mol. The van der Waals surface area contributed by atoms with Crippen molar-refractivity contribution in [3.63, 3.8) is 0 Å². The lowest BCUT2D eigenvalue weighted by atomic mass is 9.99. The topological polar surface area (TPSA) is 39.6 Å². The van der Waals surface area contributed by atoms with Crippen molar-refractivity contribution >= 4 is 0 Å². The molecule has 1 aromatic carbocycles. The minimum Gasteiger partial charge on any atom is -0.491 e. The Kier molecular flexibility index (Phi) is 2.96. The van der Waals surface area contributed by atoms with Gasteiger partial charge in [0.1, 0.15) is 18.5 Å². The maximum absolute atomic E-state index is 5.73. The summed E-state index contributed by atoms with van der Waals surface area (Å²) in [7, 11) is 0. The summed E-state index contributed by atoms with van der Waals surface area (Å²) in [4.78, 5) is 0. The summed E-state index contributed by atoms with van der Waals surface area (Å²) in [6.45, 7) is 1.46. The molecule has 1 aliphatic heterocycles. The van der Waals surface area contributed by atoms with E-state index in [1.54, 1.807) is 0 Å². The molecule has 2 heterocycles. The Labute approximate surface area is 118 Å². The van der Waals surface area contributed by atoms with Crippen LogP contribution in [0.4, 0.5) is 0 Å². The van der Waals surface area contributed by atoms with Crippen LogP contribution in [-0.4, -0.2) is 29.1 Å². The van der Waals surface area contributed by atoms with Crippen molar-refractivity contribution in [2.24, 2.45) is 0 Å². The average Bonchev–Trinajstić information content (AvgIpc) is 3.22. The lowest BCUT2D eigenvalue weighted by Gasteiger charge is -2.07. The third kappa shape index (κ3) is 2.43. The average molecular weight is 270 g/mol. The molecule has 4 rings (SSSR count). The van der Waals surface area contributed by atoms with Crippen LogP contribution in [-0.2, 0) is 17.6 Å². The van der Waals surface area contributed by atoms with Gasteiger partial charge in [-0.05, 0) is 43.4 Å². The molecule has 0 amide bonds. The Morgan fingerprint density at radius 3 is 3.05 bits per heavy atom. The van der Waals surface area contributed by atoms with Crippen LogP contribution in [0.3, 0.4) is 0 Å². The van der Waals surface area contributed by atoms with Crippen molar-refractivity contribution in [2.75, 3.05) is 13.2 Å². The molecule has 0 bridgehead atoms. The van der Waals surface area contributed by atoms with Gasteiger partial charge < -0.3 is 9.47 Å². The monoisotopic (exact) mass is 270 g/mol. The molecule has 1 unspecified atom stereocenters. The van der Waals surface area contributed by atoms with Gasteiger partial charge in [-0.1, -0.05) is 6.07 Å². The molecule has 1 saturated heterocycles. The van der Waals surface area contributed by atoms with Gasteiger partial charge in [0.25, 0.3) is 0 Å². The molecule has 0 spiro atoms. The molecular formula is C16H18N2O2. The molecule has 20 heavy (non-hydrogen) atoms. The van der Waals surface area contributed by atoms with E-state index < -0.39 is 0 Å². The molecule has 104 valence electrons. The zero-order valence-corrected chi connectivity index (χ0v) is 11.4. The number of ether oxygens (including phenoxy) is 2. The van der Waals surface area contributed by atoms with E-state index in [1.807, 2.05) is 22.9 Å². The highest BCUT2D eigenvalue weighted by Gasteiger charge is 2.23. The number of hydrogen-bond acceptors (Lipinski definition) is 3. The summed E-state index contributed by atoms with van der Waals surface area (Å²) in [5.74, 6) is 0.881. The zero-order valence-electron chi connectivity index (χ0n) is 11.4. The standard InChI is InChI=1S/C16H18N2O2/c1-2-7-16-12(4-1)9-18(17-16)13-5-3-6-14(8-13)19-10-15-11-20-15/h3,5-6,8-9,15H,1-2,4,7,10-11H2. The Hall–Kier alpha value is -1.81. The van der Waals surface area contributed by atoms with Crippen LogP contribution < -0.4 is 4.74 Å². The van der Waals surface area contributed by atoms with E-state index in [4.69, 9.17) is 14.6 Å². The van der Waals surface area contributed by atoms with Crippen molar-refractivity contribution in [1.29, 1.82) is 0 Å². The van der Waals surface area contributed by atoms with Crippen LogP contribution >= 0.6 is 0 Å². The molecule has 1 atom stereocenters. The van der Waals surface area contributed by atoms with Gasteiger partial charge in [-0.15, -0.1) is 0 Å². The van der Waals surface area contributed by atoms with E-state index in [-0.39, 0.29) is 6.10 Å². The molecule has 4 heteroatoms. The van der Waals surface area contributed by atoms with Crippen LogP contribution in [0.1, 0.15) is 24.1 Å². The second kappa shape index (κ2) is 4.94. The Morgan fingerprint density at radius 1 is 1.30 bits per heavy atom. The Balaban J connectivity index is 1.57.